The topological polar surface area (TPSA) is 65.1 Å². The van der Waals surface area contributed by atoms with Crippen molar-refractivity contribution in [2.45, 2.75) is 39.2 Å². The smallest absolute Gasteiger partial charge is 0.232 e. The van der Waals surface area contributed by atoms with Gasteiger partial charge in [0.25, 0.3) is 0 Å². The second-order valence-corrected chi connectivity index (χ2v) is 4.85. The van der Waals surface area contributed by atoms with Crippen LogP contribution in [-0.4, -0.2) is 35.6 Å². The lowest BCUT2D eigenvalue weighted by Gasteiger charge is -2.32. The van der Waals surface area contributed by atoms with Gasteiger partial charge in [-0.15, -0.1) is 0 Å². The molecule has 1 saturated heterocycles. The number of aryl methyl sites for hydroxylation is 1. The highest BCUT2D eigenvalue weighted by Gasteiger charge is 2.18. The fourth-order valence-corrected chi connectivity index (χ4v) is 2.35. The van der Waals surface area contributed by atoms with Gasteiger partial charge in [0.05, 0.1) is 0 Å². The number of likely N-dealkylation sites (tertiary alicyclic amines) is 1. The second-order valence-electron chi connectivity index (χ2n) is 4.85. The van der Waals surface area contributed by atoms with Crippen LogP contribution in [0.25, 0.3) is 0 Å². The zero-order valence-electron chi connectivity index (χ0n) is 11.1. The maximum atomic E-state index is 8.92. The van der Waals surface area contributed by atoms with Gasteiger partial charge in [0.15, 0.2) is 5.89 Å². The van der Waals surface area contributed by atoms with E-state index in [4.69, 9.17) is 9.68 Å². The fraction of sp³-hybridized carbons (Fsp3) is 0.692. The predicted molar refractivity (Wildman–Crippen MR) is 69.3 cm³/mol. The third-order valence-corrected chi connectivity index (χ3v) is 3.41. The molecular formula is C13H20N4O. The molecular weight excluding hydrogens is 228 g/mol. The molecule has 98 valence electrons. The third kappa shape index (κ3) is 3.02. The summed E-state index contributed by atoms with van der Waals surface area (Å²) in [6, 6.07) is 2.49. The van der Waals surface area contributed by atoms with Gasteiger partial charge in [-0.2, -0.15) is 5.26 Å². The molecule has 2 heterocycles. The van der Waals surface area contributed by atoms with Crippen molar-refractivity contribution in [3.05, 3.63) is 11.6 Å². The summed E-state index contributed by atoms with van der Waals surface area (Å²) < 4.78 is 5.38. The molecule has 1 atom stereocenters. The summed E-state index contributed by atoms with van der Waals surface area (Å²) >= 11 is 0. The van der Waals surface area contributed by atoms with Crippen molar-refractivity contribution in [2.24, 2.45) is 0 Å². The number of rotatable bonds is 4. The van der Waals surface area contributed by atoms with Crippen molar-refractivity contribution in [1.29, 1.82) is 5.26 Å². The monoisotopic (exact) mass is 248 g/mol. The Labute approximate surface area is 108 Å². The first-order chi connectivity index (χ1) is 8.70. The highest BCUT2D eigenvalue weighted by molar-refractivity contribution is 5.45. The minimum Gasteiger partial charge on any atom is -0.424 e. The fourth-order valence-electron chi connectivity index (χ4n) is 2.35. The molecule has 0 aromatic carbocycles. The van der Waals surface area contributed by atoms with E-state index in [0.717, 1.165) is 6.54 Å². The van der Waals surface area contributed by atoms with E-state index >= 15 is 0 Å². The lowest BCUT2D eigenvalue weighted by molar-refractivity contribution is 0.180. The average molecular weight is 248 g/mol. The van der Waals surface area contributed by atoms with Crippen LogP contribution in [0, 0.1) is 18.3 Å². The number of nitrogens with zero attached hydrogens (tertiary/aromatic N) is 3. The Morgan fingerprint density at radius 1 is 1.44 bits per heavy atom. The van der Waals surface area contributed by atoms with Crippen LogP contribution >= 0.6 is 0 Å². The molecule has 0 saturated carbocycles. The molecule has 0 bridgehead atoms. The molecule has 2 rings (SSSR count). The maximum Gasteiger partial charge on any atom is 0.232 e. The standard InChI is InChI=1S/C13H20N4O/c1-10(17-6-4-3-5-7-17)9-15-13-12(8-14)16-11(2)18-13/h10,15H,3-7,9H2,1-2H3. The van der Waals surface area contributed by atoms with Crippen molar-refractivity contribution in [2.75, 3.05) is 25.0 Å². The first-order valence-electron chi connectivity index (χ1n) is 6.56. The number of hydrogen-bond donors (Lipinski definition) is 1. The van der Waals surface area contributed by atoms with Crippen LogP contribution in [0.5, 0.6) is 0 Å². The van der Waals surface area contributed by atoms with E-state index in [-0.39, 0.29) is 0 Å². The number of nitrogens with one attached hydrogen (secondary N) is 1. The lowest BCUT2D eigenvalue weighted by atomic mass is 10.1. The molecule has 1 unspecified atom stereocenters. The predicted octanol–water partition coefficient (Wildman–Crippen LogP) is 2.14. The molecule has 0 radical (unpaired) electrons. The largest absolute Gasteiger partial charge is 0.424 e. The van der Waals surface area contributed by atoms with Gasteiger partial charge in [-0.1, -0.05) is 6.42 Å². The summed E-state index contributed by atoms with van der Waals surface area (Å²) in [4.78, 5) is 6.49. The zero-order chi connectivity index (χ0) is 13.0. The van der Waals surface area contributed by atoms with Crippen LogP contribution in [0.3, 0.4) is 0 Å². The molecule has 1 fully saturated rings. The first-order valence-corrected chi connectivity index (χ1v) is 6.56. The molecule has 1 aliphatic heterocycles. The minimum absolute atomic E-state index is 0.346. The van der Waals surface area contributed by atoms with Gasteiger partial charge >= 0.3 is 0 Å². The Kier molecular flexibility index (Phi) is 4.21. The molecule has 5 heteroatoms. The van der Waals surface area contributed by atoms with Gasteiger partial charge in [-0.05, 0) is 32.9 Å². The van der Waals surface area contributed by atoms with Crippen molar-refractivity contribution in [3.8, 4) is 6.07 Å². The third-order valence-electron chi connectivity index (χ3n) is 3.41. The van der Waals surface area contributed by atoms with Crippen LogP contribution in [0.4, 0.5) is 5.88 Å². The molecule has 1 aliphatic rings. The van der Waals surface area contributed by atoms with Crippen molar-refractivity contribution >= 4 is 5.88 Å². The minimum atomic E-state index is 0.346. The number of oxazole rings is 1. The number of anilines is 1. The zero-order valence-corrected chi connectivity index (χ0v) is 11.1. The molecule has 0 amide bonds. The van der Waals surface area contributed by atoms with Crippen LogP contribution in [0.1, 0.15) is 37.8 Å². The Bertz CT molecular complexity index is 429. The van der Waals surface area contributed by atoms with Gasteiger partial charge in [-0.3, -0.25) is 4.90 Å². The van der Waals surface area contributed by atoms with Crippen LogP contribution in [0.2, 0.25) is 0 Å². The van der Waals surface area contributed by atoms with Crippen LogP contribution < -0.4 is 5.32 Å². The number of aromatic nitrogens is 1. The Morgan fingerprint density at radius 2 is 2.17 bits per heavy atom. The van der Waals surface area contributed by atoms with Gasteiger partial charge < -0.3 is 9.73 Å². The van der Waals surface area contributed by atoms with E-state index in [1.165, 1.54) is 32.4 Å². The maximum absolute atomic E-state index is 8.92. The van der Waals surface area contributed by atoms with E-state index in [1.54, 1.807) is 6.92 Å². The molecule has 5 nitrogen and oxygen atoms in total. The Morgan fingerprint density at radius 3 is 2.83 bits per heavy atom. The average Bonchev–Trinajstić information content (AvgIpc) is 2.77. The van der Waals surface area contributed by atoms with Gasteiger partial charge in [0, 0.05) is 19.5 Å². The van der Waals surface area contributed by atoms with E-state index in [2.05, 4.69) is 22.1 Å². The van der Waals surface area contributed by atoms with Crippen LogP contribution in [0.15, 0.2) is 4.42 Å². The van der Waals surface area contributed by atoms with E-state index < -0.39 is 0 Å². The quantitative estimate of drug-likeness (QED) is 0.884. The molecule has 0 spiro atoms. The molecule has 0 aliphatic carbocycles. The Hall–Kier alpha value is -1.54. The summed E-state index contributed by atoms with van der Waals surface area (Å²) in [7, 11) is 0. The van der Waals surface area contributed by atoms with E-state index in [9.17, 15) is 0 Å². The summed E-state index contributed by atoms with van der Waals surface area (Å²) in [5.74, 6) is 1.03. The Balaban J connectivity index is 1.88. The number of piperidine rings is 1. The summed E-state index contributed by atoms with van der Waals surface area (Å²) in [6.07, 6.45) is 3.92. The van der Waals surface area contributed by atoms with E-state index in [1.807, 2.05) is 6.07 Å². The van der Waals surface area contributed by atoms with Gasteiger partial charge in [-0.25, -0.2) is 4.98 Å². The number of hydrogen-bond acceptors (Lipinski definition) is 5. The SMILES string of the molecule is Cc1nc(C#N)c(NCC(C)N2CCCCC2)o1. The van der Waals surface area contributed by atoms with Gasteiger partial charge in [0.1, 0.15) is 6.07 Å². The van der Waals surface area contributed by atoms with Crippen molar-refractivity contribution < 1.29 is 4.42 Å². The number of nitriles is 1. The summed E-state index contributed by atoms with van der Waals surface area (Å²) in [5.41, 5.74) is 0.346. The molecule has 1 aromatic rings. The van der Waals surface area contributed by atoms with Crippen molar-refractivity contribution in [1.82, 2.24) is 9.88 Å². The first kappa shape index (κ1) is 12.9. The second kappa shape index (κ2) is 5.87. The highest BCUT2D eigenvalue weighted by atomic mass is 16.4. The van der Waals surface area contributed by atoms with Crippen molar-refractivity contribution in [3.63, 3.8) is 0 Å². The molecule has 18 heavy (non-hydrogen) atoms. The van der Waals surface area contributed by atoms with Crippen LogP contribution in [-0.2, 0) is 0 Å². The molecule has 1 N–H and O–H groups in total. The lowest BCUT2D eigenvalue weighted by Crippen LogP contribution is -2.41. The molecule has 1 aromatic heterocycles. The van der Waals surface area contributed by atoms with E-state index in [0.29, 0.717) is 23.5 Å². The van der Waals surface area contributed by atoms with Gasteiger partial charge in [0.2, 0.25) is 11.6 Å². The highest BCUT2D eigenvalue weighted by Crippen LogP contribution is 2.17. The normalized spacial score (nSPS) is 18.3. The summed E-state index contributed by atoms with van der Waals surface area (Å²) in [5, 5.41) is 12.1. The summed E-state index contributed by atoms with van der Waals surface area (Å²) in [6.45, 7) is 7.07.